The van der Waals surface area contributed by atoms with E-state index < -0.39 is 17.0 Å². The highest BCUT2D eigenvalue weighted by atomic mass is 19.4. The molecular formula is C3H3B3F3NO. The van der Waals surface area contributed by atoms with Gasteiger partial charge >= 0.3 is 6.18 Å². The fraction of sp³-hybridized carbons (Fsp3) is 1.00. The van der Waals surface area contributed by atoms with Crippen LogP contribution in [0.4, 0.5) is 13.2 Å². The number of nitrogens with two attached hydrogens (primary N) is 1. The van der Waals surface area contributed by atoms with Crippen LogP contribution in [0.15, 0.2) is 0 Å². The molecule has 0 unspecified atom stereocenters. The van der Waals surface area contributed by atoms with Crippen LogP contribution in [0.25, 0.3) is 0 Å². The zero-order valence-corrected chi connectivity index (χ0v) is 5.39. The lowest BCUT2D eigenvalue weighted by molar-refractivity contribution is -0.180. The molecule has 11 heavy (non-hydrogen) atoms. The van der Waals surface area contributed by atoms with Crippen molar-refractivity contribution in [2.24, 2.45) is 5.73 Å². The van der Waals surface area contributed by atoms with Gasteiger partial charge in [0.15, 0.2) is 0 Å². The highest BCUT2D eigenvalue weighted by molar-refractivity contribution is 6.44. The van der Waals surface area contributed by atoms with Crippen molar-refractivity contribution in [3.8, 4) is 0 Å². The SMILES string of the molecule is [B]C([B])(O)[C@]([B])(N)C(F)(F)F. The van der Waals surface area contributed by atoms with Gasteiger partial charge in [0, 0.05) is 5.40 Å². The Kier molecular flexibility index (Phi) is 2.43. The van der Waals surface area contributed by atoms with Gasteiger partial charge in [0.25, 0.3) is 0 Å². The molecule has 0 aromatic rings. The van der Waals surface area contributed by atoms with Crippen molar-refractivity contribution in [1.82, 2.24) is 0 Å². The van der Waals surface area contributed by atoms with Gasteiger partial charge in [0.1, 0.15) is 23.5 Å². The third-order valence-electron chi connectivity index (χ3n) is 1.13. The van der Waals surface area contributed by atoms with Gasteiger partial charge in [0.2, 0.25) is 0 Å². The standard InChI is InChI=1S/C3H3B3F3NO/c4-1(10,2(5,6)11)3(7,8)9/h11H,10H2/t1-/m0/s1. The first-order chi connectivity index (χ1) is 4.50. The largest absolute Gasteiger partial charge is 0.408 e. The van der Waals surface area contributed by atoms with Crippen molar-refractivity contribution in [2.75, 3.05) is 0 Å². The number of aliphatic hydroxyl groups is 1. The number of rotatable bonds is 1. The van der Waals surface area contributed by atoms with Crippen molar-refractivity contribution in [3.05, 3.63) is 0 Å². The molecule has 0 aromatic heterocycles. The molecule has 1 atom stereocenters. The average Bonchev–Trinajstić information content (AvgIpc) is 1.58. The average molecular weight is 158 g/mol. The van der Waals surface area contributed by atoms with E-state index in [4.69, 9.17) is 5.11 Å². The van der Waals surface area contributed by atoms with E-state index in [2.05, 4.69) is 29.3 Å². The lowest BCUT2D eigenvalue weighted by atomic mass is 9.47. The maximum Gasteiger partial charge on any atom is 0.399 e. The van der Waals surface area contributed by atoms with Gasteiger partial charge in [-0.3, -0.25) is 0 Å². The van der Waals surface area contributed by atoms with Crippen LogP contribution in [-0.2, 0) is 0 Å². The van der Waals surface area contributed by atoms with Crippen LogP contribution in [0, 0.1) is 0 Å². The highest BCUT2D eigenvalue weighted by Gasteiger charge is 2.54. The van der Waals surface area contributed by atoms with Crippen LogP contribution >= 0.6 is 0 Å². The number of hydrogen-bond donors (Lipinski definition) is 2. The Morgan fingerprint density at radius 1 is 1.09 bits per heavy atom. The molecule has 0 bridgehead atoms. The minimum Gasteiger partial charge on any atom is -0.408 e. The van der Waals surface area contributed by atoms with Crippen molar-refractivity contribution in [1.29, 1.82) is 0 Å². The predicted molar refractivity (Wildman–Crippen MR) is 35.2 cm³/mol. The van der Waals surface area contributed by atoms with Crippen molar-refractivity contribution in [3.63, 3.8) is 0 Å². The quantitative estimate of drug-likeness (QED) is 0.450. The van der Waals surface area contributed by atoms with E-state index in [0.717, 1.165) is 0 Å². The fourth-order valence-electron chi connectivity index (χ4n) is 0.227. The van der Waals surface area contributed by atoms with E-state index in [9.17, 15) is 13.2 Å². The minimum absolute atomic E-state index is 3.19. The van der Waals surface area contributed by atoms with Crippen LogP contribution in [-0.4, -0.2) is 45.7 Å². The molecule has 0 aliphatic rings. The summed E-state index contributed by atoms with van der Waals surface area (Å²) in [6.07, 6.45) is -5.06. The second-order valence-electron chi connectivity index (χ2n) is 2.19. The monoisotopic (exact) mass is 159 g/mol. The topological polar surface area (TPSA) is 46.2 Å². The summed E-state index contributed by atoms with van der Waals surface area (Å²) in [6, 6.07) is 0. The molecule has 0 aromatic carbocycles. The third-order valence-corrected chi connectivity index (χ3v) is 1.13. The van der Waals surface area contributed by atoms with Gasteiger partial charge in [-0.2, -0.15) is 13.2 Å². The summed E-state index contributed by atoms with van der Waals surface area (Å²) < 4.78 is 35.3. The van der Waals surface area contributed by atoms with Crippen LogP contribution in [0.1, 0.15) is 0 Å². The van der Waals surface area contributed by atoms with Gasteiger partial charge in [-0.25, -0.2) is 0 Å². The molecule has 8 heteroatoms. The Hall–Kier alpha value is -0.0952. The molecule has 0 saturated carbocycles. The highest BCUT2D eigenvalue weighted by Crippen LogP contribution is 2.30. The Balaban J connectivity index is 4.75. The molecule has 3 N–H and O–H groups in total. The van der Waals surface area contributed by atoms with E-state index in [1.54, 1.807) is 0 Å². The molecule has 0 heterocycles. The Morgan fingerprint density at radius 2 is 1.36 bits per heavy atom. The zero-order chi connectivity index (χ0) is 9.50. The molecule has 0 rings (SSSR count). The molecule has 0 amide bonds. The summed E-state index contributed by atoms with van der Waals surface area (Å²) >= 11 is 0. The van der Waals surface area contributed by atoms with E-state index in [1.807, 2.05) is 0 Å². The van der Waals surface area contributed by atoms with Crippen LogP contribution in [0.3, 0.4) is 0 Å². The van der Waals surface area contributed by atoms with Crippen LogP contribution < -0.4 is 5.73 Å². The van der Waals surface area contributed by atoms with Gasteiger partial charge in [0.05, 0.1) is 5.44 Å². The van der Waals surface area contributed by atoms with Crippen molar-refractivity contribution >= 4 is 23.5 Å². The molecule has 6 radical (unpaired) electrons. The lowest BCUT2D eigenvalue weighted by Crippen LogP contribution is -2.70. The zero-order valence-electron chi connectivity index (χ0n) is 5.39. The number of alkyl halides is 3. The normalized spacial score (nSPS) is 19.4. The predicted octanol–water partition coefficient (Wildman–Crippen LogP) is -1.64. The second-order valence-corrected chi connectivity index (χ2v) is 2.19. The Labute approximate surface area is 65.6 Å². The molecule has 0 aliphatic carbocycles. The Bertz CT molecular complexity index is 135. The van der Waals surface area contributed by atoms with Gasteiger partial charge in [-0.1, -0.05) is 0 Å². The molecule has 0 aliphatic heterocycles. The maximum atomic E-state index is 11.8. The Morgan fingerprint density at radius 3 is 1.36 bits per heavy atom. The number of halogens is 3. The molecule has 0 fully saturated rings. The van der Waals surface area contributed by atoms with Gasteiger partial charge in [-0.05, 0) is 0 Å². The fourth-order valence-corrected chi connectivity index (χ4v) is 0.227. The first kappa shape index (κ1) is 10.9. The summed E-state index contributed by atoms with van der Waals surface area (Å²) in [6.45, 7) is 0. The van der Waals surface area contributed by atoms with Crippen molar-refractivity contribution < 1.29 is 18.3 Å². The van der Waals surface area contributed by atoms with Crippen molar-refractivity contribution in [2.45, 2.75) is 17.0 Å². The summed E-state index contributed by atoms with van der Waals surface area (Å²) in [5.41, 5.74) is 0.910. The van der Waals surface area contributed by atoms with Crippen LogP contribution in [0.2, 0.25) is 0 Å². The molecule has 2 nitrogen and oxygen atoms in total. The minimum atomic E-state index is -5.06. The van der Waals surface area contributed by atoms with E-state index in [0.29, 0.717) is 0 Å². The van der Waals surface area contributed by atoms with Gasteiger partial charge < -0.3 is 10.8 Å². The lowest BCUT2D eigenvalue weighted by Gasteiger charge is -2.40. The third kappa shape index (κ3) is 1.93. The number of hydrogen-bond acceptors (Lipinski definition) is 2. The molecule has 0 spiro atoms. The van der Waals surface area contributed by atoms with E-state index in [-0.39, 0.29) is 0 Å². The summed E-state index contributed by atoms with van der Waals surface area (Å²) in [5.74, 6) is 0. The summed E-state index contributed by atoms with van der Waals surface area (Å²) in [4.78, 5) is 0. The first-order valence-electron chi connectivity index (χ1n) is 2.45. The summed E-state index contributed by atoms with van der Waals surface area (Å²) in [7, 11) is 13.3. The molecule has 0 saturated heterocycles. The van der Waals surface area contributed by atoms with E-state index >= 15 is 0 Å². The summed E-state index contributed by atoms with van der Waals surface area (Å²) in [5, 5.41) is 5.28. The first-order valence-corrected chi connectivity index (χ1v) is 2.45. The maximum absolute atomic E-state index is 11.8. The smallest absolute Gasteiger partial charge is 0.399 e. The molecule has 56 valence electrons. The molecular weight excluding hydrogens is 155 g/mol. The van der Waals surface area contributed by atoms with Crippen LogP contribution in [0.5, 0.6) is 0 Å². The van der Waals surface area contributed by atoms with E-state index in [1.165, 1.54) is 0 Å². The second kappa shape index (κ2) is 2.45. The van der Waals surface area contributed by atoms with Gasteiger partial charge in [-0.15, -0.1) is 0 Å².